The number of nitrogens with zero attached hydrogens (tertiary/aromatic N) is 5. The van der Waals surface area contributed by atoms with Crippen molar-refractivity contribution < 1.29 is 9.59 Å². The summed E-state index contributed by atoms with van der Waals surface area (Å²) < 4.78 is 0. The molecular weight excluding hydrogens is 320 g/mol. The fourth-order valence-corrected chi connectivity index (χ4v) is 3.52. The number of rotatable bonds is 6. The highest BCUT2D eigenvalue weighted by molar-refractivity contribution is 6.06. The highest BCUT2D eigenvalue weighted by Crippen LogP contribution is 2.23. The molecule has 2 saturated heterocycles. The Morgan fingerprint density at radius 2 is 2.20 bits per heavy atom. The summed E-state index contributed by atoms with van der Waals surface area (Å²) in [6, 6.07) is 3.97. The van der Waals surface area contributed by atoms with Crippen molar-refractivity contribution in [2.24, 2.45) is 0 Å². The maximum Gasteiger partial charge on any atom is 0.325 e. The summed E-state index contributed by atoms with van der Waals surface area (Å²) in [4.78, 5) is 30.0. The minimum absolute atomic E-state index is 0.159. The van der Waals surface area contributed by atoms with Gasteiger partial charge in [0.05, 0.1) is 0 Å². The molecule has 3 amide bonds. The minimum atomic E-state index is -0.802. The summed E-state index contributed by atoms with van der Waals surface area (Å²) in [5.74, 6) is 0.752. The normalized spacial score (nSPS) is 22.8. The van der Waals surface area contributed by atoms with Gasteiger partial charge in [-0.3, -0.25) is 9.69 Å². The third-order valence-electron chi connectivity index (χ3n) is 4.90. The Hall–Kier alpha value is -2.22. The smallest absolute Gasteiger partial charge is 0.325 e. The number of nitrogens with one attached hydrogen (secondary N) is 1. The second-order valence-corrected chi connectivity index (χ2v) is 7.35. The van der Waals surface area contributed by atoms with Gasteiger partial charge >= 0.3 is 6.03 Å². The fraction of sp³-hybridized carbons (Fsp3) is 0.647. The van der Waals surface area contributed by atoms with E-state index in [-0.39, 0.29) is 11.9 Å². The van der Waals surface area contributed by atoms with Crippen molar-refractivity contribution in [1.82, 2.24) is 25.3 Å². The molecule has 8 nitrogen and oxygen atoms in total. The highest BCUT2D eigenvalue weighted by atomic mass is 16.2. The molecule has 0 radical (unpaired) electrons. The van der Waals surface area contributed by atoms with Crippen LogP contribution in [0.15, 0.2) is 18.3 Å². The Bertz CT molecular complexity index is 635. The molecule has 0 aliphatic carbocycles. The summed E-state index contributed by atoms with van der Waals surface area (Å²) in [7, 11) is 2.02. The second-order valence-electron chi connectivity index (χ2n) is 7.35. The van der Waals surface area contributed by atoms with E-state index in [1.165, 1.54) is 4.90 Å². The molecule has 0 saturated carbocycles. The van der Waals surface area contributed by atoms with Gasteiger partial charge in [0.15, 0.2) is 5.82 Å². The molecule has 1 aromatic rings. The van der Waals surface area contributed by atoms with Gasteiger partial charge in [-0.15, -0.1) is 5.10 Å². The molecule has 2 aliphatic rings. The van der Waals surface area contributed by atoms with Crippen molar-refractivity contribution >= 4 is 17.8 Å². The molecule has 3 heterocycles. The summed E-state index contributed by atoms with van der Waals surface area (Å²) in [5, 5.41) is 10.9. The average molecular weight is 346 g/mol. The number of anilines is 1. The zero-order valence-electron chi connectivity index (χ0n) is 15.1. The van der Waals surface area contributed by atoms with E-state index in [2.05, 4.69) is 25.3 Å². The summed E-state index contributed by atoms with van der Waals surface area (Å²) in [5.41, 5.74) is -0.802. The van der Waals surface area contributed by atoms with Gasteiger partial charge in [-0.05, 0) is 45.9 Å². The van der Waals surface area contributed by atoms with Crippen LogP contribution in [-0.2, 0) is 4.79 Å². The topological polar surface area (TPSA) is 81.7 Å². The van der Waals surface area contributed by atoms with Crippen molar-refractivity contribution in [3.63, 3.8) is 0 Å². The van der Waals surface area contributed by atoms with Crippen LogP contribution in [0, 0.1) is 0 Å². The lowest BCUT2D eigenvalue weighted by Gasteiger charge is -2.29. The molecule has 0 aromatic carbocycles. The van der Waals surface area contributed by atoms with E-state index in [4.69, 9.17) is 0 Å². The number of carbonyl (C=O) groups is 2. The summed E-state index contributed by atoms with van der Waals surface area (Å²) in [6.07, 6.45) is 3.92. The van der Waals surface area contributed by atoms with Crippen LogP contribution in [-0.4, -0.2) is 76.7 Å². The van der Waals surface area contributed by atoms with Gasteiger partial charge in [0.1, 0.15) is 5.54 Å². The lowest BCUT2D eigenvalue weighted by molar-refractivity contribution is -0.130. The van der Waals surface area contributed by atoms with Crippen molar-refractivity contribution in [3.8, 4) is 0 Å². The number of carbonyl (C=O) groups excluding carboxylic acids is 2. The molecule has 1 atom stereocenters. The predicted octanol–water partition coefficient (Wildman–Crippen LogP) is 0.708. The zero-order valence-corrected chi connectivity index (χ0v) is 15.1. The van der Waals surface area contributed by atoms with Crippen LogP contribution in [0.5, 0.6) is 0 Å². The number of aromatic nitrogens is 2. The largest absolute Gasteiger partial charge is 0.351 e. The first kappa shape index (κ1) is 17.6. The lowest BCUT2D eigenvalue weighted by atomic mass is 10.1. The molecule has 8 heteroatoms. The number of likely N-dealkylation sites (N-methyl/N-ethyl adjacent to an activating group) is 1. The summed E-state index contributed by atoms with van der Waals surface area (Å²) >= 11 is 0. The monoisotopic (exact) mass is 346 g/mol. The molecule has 1 aromatic heterocycles. The Balaban J connectivity index is 1.53. The minimum Gasteiger partial charge on any atom is -0.351 e. The first-order valence-electron chi connectivity index (χ1n) is 8.75. The molecule has 25 heavy (non-hydrogen) atoms. The predicted molar refractivity (Wildman–Crippen MR) is 94.2 cm³/mol. The Labute approximate surface area is 148 Å². The van der Waals surface area contributed by atoms with Crippen LogP contribution < -0.4 is 10.2 Å². The molecule has 0 unspecified atom stereocenters. The Kier molecular flexibility index (Phi) is 4.89. The number of urea groups is 1. The first-order chi connectivity index (χ1) is 11.9. The SMILES string of the molecule is CN(CCN1C(=O)NC(C)(C)C1=O)C[C@@H]1CCCN1c1cccnn1. The Morgan fingerprint density at radius 1 is 1.40 bits per heavy atom. The molecular formula is C17H26N6O2. The molecule has 1 N–H and O–H groups in total. The second kappa shape index (κ2) is 6.95. The summed E-state index contributed by atoms with van der Waals surface area (Å²) in [6.45, 7) is 6.37. The molecule has 0 bridgehead atoms. The van der Waals surface area contributed by atoms with Crippen LogP contribution in [0.4, 0.5) is 10.6 Å². The van der Waals surface area contributed by atoms with E-state index in [0.717, 1.165) is 31.7 Å². The molecule has 0 spiro atoms. The van der Waals surface area contributed by atoms with E-state index in [1.807, 2.05) is 19.2 Å². The van der Waals surface area contributed by atoms with Gasteiger partial charge in [0.2, 0.25) is 0 Å². The fourth-order valence-electron chi connectivity index (χ4n) is 3.52. The van der Waals surface area contributed by atoms with Gasteiger partial charge in [-0.2, -0.15) is 5.10 Å². The molecule has 2 aliphatic heterocycles. The molecule has 136 valence electrons. The molecule has 3 rings (SSSR count). The molecule has 2 fully saturated rings. The van der Waals surface area contributed by atoms with Gasteiger partial charge < -0.3 is 15.1 Å². The average Bonchev–Trinajstić information content (AvgIpc) is 3.10. The number of hydrogen-bond acceptors (Lipinski definition) is 6. The van der Waals surface area contributed by atoms with E-state index in [1.54, 1.807) is 20.0 Å². The van der Waals surface area contributed by atoms with E-state index < -0.39 is 5.54 Å². The van der Waals surface area contributed by atoms with Gasteiger partial charge in [0, 0.05) is 38.4 Å². The van der Waals surface area contributed by atoms with Gasteiger partial charge in [0.25, 0.3) is 5.91 Å². The Morgan fingerprint density at radius 3 is 2.84 bits per heavy atom. The van der Waals surface area contributed by atoms with E-state index >= 15 is 0 Å². The van der Waals surface area contributed by atoms with Crippen molar-refractivity contribution in [2.45, 2.75) is 38.3 Å². The highest BCUT2D eigenvalue weighted by Gasteiger charge is 2.43. The standard InChI is InChI=1S/C17H26N6O2/c1-17(2)15(24)23(16(25)19-17)11-10-21(3)12-13-6-5-9-22(13)14-7-4-8-18-20-14/h4,7-8,13H,5-6,9-12H2,1-3H3,(H,19,25)/t13-/m0/s1. The quantitative estimate of drug-likeness (QED) is 0.764. The number of hydrogen-bond donors (Lipinski definition) is 1. The van der Waals surface area contributed by atoms with Gasteiger partial charge in [-0.25, -0.2) is 4.79 Å². The van der Waals surface area contributed by atoms with E-state index in [9.17, 15) is 9.59 Å². The number of imide groups is 1. The van der Waals surface area contributed by atoms with Crippen LogP contribution in [0.25, 0.3) is 0 Å². The van der Waals surface area contributed by atoms with E-state index in [0.29, 0.717) is 19.1 Å². The van der Waals surface area contributed by atoms with Crippen LogP contribution in [0.1, 0.15) is 26.7 Å². The van der Waals surface area contributed by atoms with Crippen LogP contribution in [0.2, 0.25) is 0 Å². The van der Waals surface area contributed by atoms with Crippen LogP contribution >= 0.6 is 0 Å². The van der Waals surface area contributed by atoms with Crippen molar-refractivity contribution in [1.29, 1.82) is 0 Å². The third kappa shape index (κ3) is 3.73. The lowest BCUT2D eigenvalue weighted by Crippen LogP contribution is -2.44. The van der Waals surface area contributed by atoms with Crippen molar-refractivity contribution in [3.05, 3.63) is 18.3 Å². The van der Waals surface area contributed by atoms with Crippen molar-refractivity contribution in [2.75, 3.05) is 38.1 Å². The zero-order chi connectivity index (χ0) is 18.0. The third-order valence-corrected chi connectivity index (χ3v) is 4.90. The maximum atomic E-state index is 12.2. The van der Waals surface area contributed by atoms with Gasteiger partial charge in [-0.1, -0.05) is 0 Å². The van der Waals surface area contributed by atoms with Crippen LogP contribution in [0.3, 0.4) is 0 Å². The maximum absolute atomic E-state index is 12.2. The number of amides is 3. The first-order valence-corrected chi connectivity index (χ1v) is 8.75.